The van der Waals surface area contributed by atoms with Gasteiger partial charge in [-0.2, -0.15) is 20.7 Å². The smallest absolute Gasteiger partial charge is 0.408 e. The number of likely N-dealkylation sites (tertiary alicyclic amines) is 2. The number of sulfonamides is 2. The number of halogens is 2. The summed E-state index contributed by atoms with van der Waals surface area (Å²) in [5.41, 5.74) is 9.59. The molecule has 29 nitrogen and oxygen atoms in total. The Hall–Kier alpha value is -8.59. The highest BCUT2D eigenvalue weighted by atomic mass is 35.5. The number of aliphatic carboxylic acids is 1. The number of nitrogens with one attached hydrogen (secondary N) is 3. The quantitative estimate of drug-likeness (QED) is 0.0722. The Morgan fingerprint density at radius 3 is 1.58 bits per heavy atom. The van der Waals surface area contributed by atoms with Gasteiger partial charge in [-0.05, 0) is 110 Å². The number of aliphatic hydroxyl groups is 1. The Balaban J connectivity index is 0.000000202. The number of benzene rings is 2. The largest absolute Gasteiger partial charge is 0.480 e. The van der Waals surface area contributed by atoms with Crippen LogP contribution in [0.3, 0.4) is 0 Å². The van der Waals surface area contributed by atoms with E-state index in [0.717, 1.165) is 49.3 Å². The van der Waals surface area contributed by atoms with Gasteiger partial charge in [0.25, 0.3) is 11.8 Å². The third kappa shape index (κ3) is 17.5. The summed E-state index contributed by atoms with van der Waals surface area (Å²) in [6, 6.07) is 16.3. The average Bonchev–Trinajstić information content (AvgIpc) is 1.58. The van der Waals surface area contributed by atoms with Gasteiger partial charge in [0, 0.05) is 78.4 Å². The second-order valence-electron chi connectivity index (χ2n) is 23.7. The molecule has 10 rings (SSSR count). The lowest BCUT2D eigenvalue weighted by molar-refractivity contribution is -0.147. The molecule has 0 spiro atoms. The molecule has 6 aromatic rings. The minimum Gasteiger partial charge on any atom is -0.480 e. The first-order chi connectivity index (χ1) is 43.3. The molecule has 33 heteroatoms. The fourth-order valence-electron chi connectivity index (χ4n) is 11.2. The van der Waals surface area contributed by atoms with Gasteiger partial charge in [-0.3, -0.25) is 28.6 Å². The van der Waals surface area contributed by atoms with E-state index in [1.165, 1.54) is 36.4 Å². The highest BCUT2D eigenvalue weighted by Crippen LogP contribution is 2.38. The van der Waals surface area contributed by atoms with Crippen LogP contribution in [0.15, 0.2) is 60.9 Å². The lowest BCUT2D eigenvalue weighted by Gasteiger charge is -2.35. The average molecular weight is 1350 g/mol. The number of aliphatic hydroxyl groups excluding tert-OH is 1. The van der Waals surface area contributed by atoms with Crippen LogP contribution in [-0.2, 0) is 39.1 Å². The van der Waals surface area contributed by atoms with Crippen molar-refractivity contribution in [3.05, 3.63) is 105 Å². The zero-order valence-electron chi connectivity index (χ0n) is 51.5. The van der Waals surface area contributed by atoms with Gasteiger partial charge in [0.15, 0.2) is 11.3 Å². The first kappa shape index (κ1) is 69.3. The van der Waals surface area contributed by atoms with Gasteiger partial charge >= 0.3 is 18.0 Å². The molecule has 92 heavy (non-hydrogen) atoms. The molecule has 4 aliphatic heterocycles. The van der Waals surface area contributed by atoms with Crippen molar-refractivity contribution in [2.45, 2.75) is 103 Å². The van der Waals surface area contributed by atoms with Gasteiger partial charge in [-0.25, -0.2) is 40.6 Å². The van der Waals surface area contributed by atoms with Gasteiger partial charge in [-0.1, -0.05) is 23.2 Å². The van der Waals surface area contributed by atoms with Crippen LogP contribution in [0.5, 0.6) is 0 Å². The Bertz CT molecular complexity index is 4110. The molecule has 6 atom stereocenters. The number of ether oxygens (including phenoxy) is 2. The standard InChI is InChI=1S/C27H31ClN8O5S.C25H28ClN7O4S.C7H13NO4/c1-16-13-36-24(31-26(16)34-14-17(11-29)23(15-34)41-25(37)12-30)10-21(32-36)22-5-3-4-8-35(22)27(38)19-9-18(28)6-7-20(19)33-42(2,39)40;1-15-12-33-23(28-24(15)31-13-16(11-27)22(34)14-31)10-20(29-33)21-5-3-4-8-32(21)25(35)18-9-17(26)6-7-19(18)30-38(2,36)37;1-7(2,3)12-6(11)8-4-5(9)10/h6-7,9-10,13,17,22-23,33H,3-5,8,12,14-15,30H2,1-2H3;6-7,9-10,12,16,21-22,30,34H,3-5,8,13-14H2,1-2H3;4H2,1-3H3,(H,8,11)(H,9,10)/t17-,22+,23+;16-,21+,22+;/m11./s1. The maximum Gasteiger partial charge on any atom is 0.408 e. The van der Waals surface area contributed by atoms with Crippen LogP contribution >= 0.6 is 23.2 Å². The van der Waals surface area contributed by atoms with Crippen molar-refractivity contribution in [3.63, 3.8) is 0 Å². The number of carbonyl (C=O) groups is 5. The lowest BCUT2D eigenvalue weighted by atomic mass is 9.98. The number of carbonyl (C=O) groups excluding carboxylic acids is 4. The molecular formula is C59H72Cl2N16O13S2. The van der Waals surface area contributed by atoms with Crippen LogP contribution in [0.1, 0.15) is 115 Å². The number of hydrogen-bond acceptors (Lipinski definition) is 21. The third-order valence-corrected chi connectivity index (χ3v) is 16.8. The molecule has 0 saturated carbocycles. The lowest BCUT2D eigenvalue weighted by Crippen LogP contribution is -2.39. The maximum atomic E-state index is 13.8. The molecule has 4 fully saturated rings. The van der Waals surface area contributed by atoms with Crippen molar-refractivity contribution in [1.29, 1.82) is 10.5 Å². The molecule has 3 amide bonds. The molecule has 0 aliphatic carbocycles. The van der Waals surface area contributed by atoms with Gasteiger partial charge in [-0.15, -0.1) is 0 Å². The summed E-state index contributed by atoms with van der Waals surface area (Å²) >= 11 is 12.4. The fraction of sp³-hybridized carbons (Fsp3) is 0.475. The van der Waals surface area contributed by atoms with Crippen LogP contribution < -0.4 is 30.3 Å². The first-order valence-electron chi connectivity index (χ1n) is 29.3. The van der Waals surface area contributed by atoms with Crippen LogP contribution in [0.2, 0.25) is 10.0 Å². The predicted octanol–water partition coefficient (Wildman–Crippen LogP) is 5.61. The molecule has 0 unspecified atom stereocenters. The summed E-state index contributed by atoms with van der Waals surface area (Å²) in [7, 11) is -7.24. The number of carboxylic acid groups (broad SMARTS) is 1. The fourth-order valence-corrected chi connectivity index (χ4v) is 12.7. The summed E-state index contributed by atoms with van der Waals surface area (Å²) in [6.45, 7) is 10.5. The second kappa shape index (κ2) is 28.9. The number of carboxylic acids is 1. The Labute approximate surface area is 541 Å². The van der Waals surface area contributed by atoms with Gasteiger partial charge in [0.05, 0.1) is 95.7 Å². The van der Waals surface area contributed by atoms with Crippen LogP contribution in [0, 0.1) is 48.3 Å². The van der Waals surface area contributed by atoms with Crippen LogP contribution in [-0.4, -0.2) is 179 Å². The second-order valence-corrected chi connectivity index (χ2v) is 28.1. The minimum absolute atomic E-state index is 0.157. The number of amides is 3. The number of nitrogens with two attached hydrogens (primary N) is 1. The van der Waals surface area contributed by atoms with E-state index in [4.69, 9.17) is 63.7 Å². The van der Waals surface area contributed by atoms with E-state index in [9.17, 15) is 56.4 Å². The number of alkyl carbamates (subject to hydrolysis) is 1. The van der Waals surface area contributed by atoms with E-state index < -0.39 is 74.3 Å². The summed E-state index contributed by atoms with van der Waals surface area (Å²) in [4.78, 5) is 77.0. The number of esters is 1. The number of nitriles is 2. The van der Waals surface area contributed by atoms with Crippen molar-refractivity contribution < 1.29 is 60.5 Å². The molecule has 4 aliphatic rings. The minimum atomic E-state index is -3.63. The molecule has 0 bridgehead atoms. The highest BCUT2D eigenvalue weighted by Gasteiger charge is 2.39. The molecule has 0 radical (unpaired) electrons. The van der Waals surface area contributed by atoms with Gasteiger partial charge < -0.3 is 50.3 Å². The van der Waals surface area contributed by atoms with E-state index in [1.807, 2.05) is 48.2 Å². The Morgan fingerprint density at radius 1 is 0.707 bits per heavy atom. The molecule has 7 N–H and O–H groups in total. The van der Waals surface area contributed by atoms with Crippen molar-refractivity contribution >= 4 is 107 Å². The summed E-state index contributed by atoms with van der Waals surface area (Å²) in [5.74, 6) is -2.00. The summed E-state index contributed by atoms with van der Waals surface area (Å²) in [6.07, 6.45) is 8.44. The zero-order valence-corrected chi connectivity index (χ0v) is 54.7. The number of fused-ring (bicyclic) bond motifs is 2. The summed E-state index contributed by atoms with van der Waals surface area (Å²) < 4.78 is 66.0. The van der Waals surface area contributed by atoms with Crippen molar-refractivity contribution in [3.8, 4) is 12.1 Å². The number of β-amino-alcohol motifs (C(OH)–C–C–N with tert-alkyl or cyclic N) is 1. The van der Waals surface area contributed by atoms with Crippen molar-refractivity contribution in [1.82, 2.24) is 44.3 Å². The molecule has 2 aromatic carbocycles. The summed E-state index contributed by atoms with van der Waals surface area (Å²) in [5, 5.41) is 49.5. The molecule has 4 saturated heterocycles. The topological polar surface area (TPSA) is 396 Å². The maximum absolute atomic E-state index is 13.8. The SMILES string of the molecule is CC(C)(C)OC(=O)NCC(=O)O.Cc1cn2nc([C@@H]3CCCCN3C(=O)c3cc(Cl)ccc3NS(C)(=O)=O)cc2nc1N1C[C@@H](C#N)[C@@H](O)C1.Cc1cn2nc([C@@H]3CCCCN3C(=O)c3cc(Cl)ccc3NS(C)(=O)=O)cc2nc1N1C[C@@H](C#N)[C@@H](OC(=O)CN)C1. The number of aromatic nitrogens is 6. The normalized spacial score (nSPS) is 20.0. The number of anilines is 4. The highest BCUT2D eigenvalue weighted by molar-refractivity contribution is 7.92. The number of hydrogen-bond donors (Lipinski definition) is 6. The van der Waals surface area contributed by atoms with Crippen molar-refractivity contribution in [2.24, 2.45) is 17.6 Å². The molecule has 8 heterocycles. The first-order valence-corrected chi connectivity index (χ1v) is 33.8. The number of aryl methyl sites for hydroxylation is 2. The van der Waals surface area contributed by atoms with Crippen LogP contribution in [0.4, 0.5) is 27.8 Å². The van der Waals surface area contributed by atoms with E-state index in [1.54, 1.807) is 39.6 Å². The molecule has 492 valence electrons. The van der Waals surface area contributed by atoms with Gasteiger partial charge in [0.1, 0.15) is 35.8 Å². The van der Waals surface area contributed by atoms with Crippen LogP contribution in [0.25, 0.3) is 11.3 Å². The zero-order chi connectivity index (χ0) is 67.1. The van der Waals surface area contributed by atoms with E-state index in [-0.39, 0.29) is 52.9 Å². The van der Waals surface area contributed by atoms with E-state index >= 15 is 0 Å². The monoisotopic (exact) mass is 1350 g/mol. The predicted molar refractivity (Wildman–Crippen MR) is 340 cm³/mol. The Kier molecular flexibility index (Phi) is 21.8. The third-order valence-electron chi connectivity index (χ3n) is 15.2. The molecule has 4 aromatic heterocycles. The Morgan fingerprint density at radius 2 is 1.16 bits per heavy atom. The number of piperidine rings is 2. The van der Waals surface area contributed by atoms with E-state index in [2.05, 4.69) is 26.9 Å². The van der Waals surface area contributed by atoms with Crippen molar-refractivity contribution in [2.75, 3.05) is 84.1 Å². The number of rotatable bonds is 14. The molecular weight excluding hydrogens is 1280 g/mol. The van der Waals surface area contributed by atoms with E-state index in [0.29, 0.717) is 96.5 Å². The number of nitrogens with zero attached hydrogens (tertiary/aromatic N) is 12. The van der Waals surface area contributed by atoms with Gasteiger partial charge in [0.2, 0.25) is 20.0 Å².